The molecule has 0 saturated heterocycles. The zero-order valence-corrected chi connectivity index (χ0v) is 20.1. The van der Waals surface area contributed by atoms with E-state index in [0.29, 0.717) is 39.5 Å². The molecule has 0 unspecified atom stereocenters. The number of amidine groups is 2. The lowest BCUT2D eigenvalue weighted by Crippen LogP contribution is -2.38. The highest BCUT2D eigenvalue weighted by molar-refractivity contribution is 9.10. The smallest absolute Gasteiger partial charge is 0.343 e. The van der Waals surface area contributed by atoms with Gasteiger partial charge < -0.3 is 19.0 Å². The molecule has 34 heavy (non-hydrogen) atoms. The largest absolute Gasteiger partial charge is 0.497 e. The van der Waals surface area contributed by atoms with E-state index in [-0.39, 0.29) is 23.0 Å². The summed E-state index contributed by atoms with van der Waals surface area (Å²) < 4.78 is 16.8. The molecule has 2 aromatic carbocycles. The van der Waals surface area contributed by atoms with Crippen molar-refractivity contribution in [3.05, 3.63) is 69.4 Å². The van der Waals surface area contributed by atoms with Gasteiger partial charge in [0.15, 0.2) is 23.2 Å². The molecule has 0 radical (unpaired) electrons. The molecule has 10 heteroatoms. The average Bonchev–Trinajstić information content (AvgIpc) is 3.19. The third kappa shape index (κ3) is 4.58. The summed E-state index contributed by atoms with van der Waals surface area (Å²) in [6.07, 6.45) is 3.09. The van der Waals surface area contributed by atoms with Crippen molar-refractivity contribution in [2.24, 2.45) is 4.99 Å². The maximum Gasteiger partial charge on any atom is 0.343 e. The minimum Gasteiger partial charge on any atom is -0.497 e. The van der Waals surface area contributed by atoms with Crippen LogP contribution in [0.15, 0.2) is 63.3 Å². The Balaban J connectivity index is 1.64. The number of allylic oxidation sites excluding steroid dienone is 1. The molecule has 4 rings (SSSR count). The first-order valence-corrected chi connectivity index (χ1v) is 11.0. The van der Waals surface area contributed by atoms with Crippen molar-refractivity contribution in [1.29, 1.82) is 5.41 Å². The first-order chi connectivity index (χ1) is 16.3. The molecule has 174 valence electrons. The number of rotatable bonds is 6. The van der Waals surface area contributed by atoms with Crippen molar-refractivity contribution in [1.82, 2.24) is 5.06 Å². The number of ether oxygens (including phenoxy) is 3. The number of halogens is 1. The molecular formula is C24H20BrN3O6. The van der Waals surface area contributed by atoms with E-state index >= 15 is 0 Å². The van der Waals surface area contributed by atoms with Crippen molar-refractivity contribution in [2.45, 2.75) is 13.8 Å². The Morgan fingerprint density at radius 3 is 2.68 bits per heavy atom. The van der Waals surface area contributed by atoms with E-state index in [9.17, 15) is 9.59 Å². The number of hydroxylamine groups is 2. The van der Waals surface area contributed by atoms with Crippen molar-refractivity contribution in [3.8, 4) is 17.2 Å². The van der Waals surface area contributed by atoms with Crippen molar-refractivity contribution in [2.75, 3.05) is 13.7 Å². The lowest BCUT2D eigenvalue weighted by molar-refractivity contribution is -0.114. The normalized spacial score (nSPS) is 16.0. The van der Waals surface area contributed by atoms with Crippen LogP contribution in [0, 0.1) is 5.41 Å². The third-order valence-corrected chi connectivity index (χ3v) is 5.43. The monoisotopic (exact) mass is 525 g/mol. The van der Waals surface area contributed by atoms with Gasteiger partial charge in [0.2, 0.25) is 0 Å². The Morgan fingerprint density at radius 2 is 2.00 bits per heavy atom. The van der Waals surface area contributed by atoms with Crippen LogP contribution in [0.5, 0.6) is 17.2 Å². The third-order valence-electron chi connectivity index (χ3n) is 4.84. The Hall–Kier alpha value is -3.92. The van der Waals surface area contributed by atoms with Crippen LogP contribution in [0.25, 0.3) is 6.08 Å². The summed E-state index contributed by atoms with van der Waals surface area (Å²) in [5.74, 6) is 0.633. The summed E-state index contributed by atoms with van der Waals surface area (Å²) in [6, 6.07) is 9.79. The first-order valence-electron chi connectivity index (χ1n) is 10.2. The zero-order chi connectivity index (χ0) is 24.4. The fraction of sp³-hybridized carbons (Fsp3) is 0.167. The Morgan fingerprint density at radius 1 is 1.26 bits per heavy atom. The van der Waals surface area contributed by atoms with E-state index in [1.165, 1.54) is 11.1 Å². The average molecular weight is 526 g/mol. The fourth-order valence-electron chi connectivity index (χ4n) is 3.28. The number of nitrogens with zero attached hydrogens (tertiary/aromatic N) is 2. The number of benzene rings is 2. The van der Waals surface area contributed by atoms with Crippen LogP contribution >= 0.6 is 15.9 Å². The second-order valence-corrected chi connectivity index (χ2v) is 8.06. The van der Waals surface area contributed by atoms with Crippen LogP contribution in [0.4, 0.5) is 0 Å². The Labute approximate surface area is 203 Å². The van der Waals surface area contributed by atoms with Crippen LogP contribution in [-0.2, 0) is 9.63 Å². The number of hydrogen-bond donors (Lipinski definition) is 1. The summed E-state index contributed by atoms with van der Waals surface area (Å²) in [4.78, 5) is 34.6. The van der Waals surface area contributed by atoms with Gasteiger partial charge in [-0.25, -0.2) is 4.79 Å². The SMILES string of the molecule is CCOc1cc(/C=C2\C(=N)N3OC(C)=CC3=NC2=O)cc(Br)c1OC(=O)c1ccc(OC)cc1. The van der Waals surface area contributed by atoms with E-state index in [4.69, 9.17) is 24.5 Å². The lowest BCUT2D eigenvalue weighted by atomic mass is 10.1. The summed E-state index contributed by atoms with van der Waals surface area (Å²) in [5, 5.41) is 9.55. The second kappa shape index (κ2) is 9.52. The number of amides is 1. The van der Waals surface area contributed by atoms with E-state index in [0.717, 1.165) is 0 Å². The zero-order valence-electron chi connectivity index (χ0n) is 18.5. The second-order valence-electron chi connectivity index (χ2n) is 7.20. The number of esters is 1. The van der Waals surface area contributed by atoms with Gasteiger partial charge in [-0.15, -0.1) is 5.06 Å². The number of hydrogen-bond acceptors (Lipinski definition) is 7. The highest BCUT2D eigenvalue weighted by atomic mass is 79.9. The van der Waals surface area contributed by atoms with Gasteiger partial charge in [0.1, 0.15) is 11.5 Å². The van der Waals surface area contributed by atoms with Gasteiger partial charge in [-0.05, 0) is 77.8 Å². The van der Waals surface area contributed by atoms with Crippen LogP contribution in [0.2, 0.25) is 0 Å². The molecule has 1 N–H and O–H groups in total. The van der Waals surface area contributed by atoms with Crippen molar-refractivity contribution >= 4 is 45.6 Å². The minimum atomic E-state index is -0.574. The molecule has 0 spiro atoms. The highest BCUT2D eigenvalue weighted by Gasteiger charge is 2.34. The molecule has 0 saturated carbocycles. The van der Waals surface area contributed by atoms with Crippen molar-refractivity contribution < 1.29 is 28.6 Å². The van der Waals surface area contributed by atoms with Crippen molar-refractivity contribution in [3.63, 3.8) is 0 Å². The van der Waals surface area contributed by atoms with Gasteiger partial charge in [0.25, 0.3) is 5.91 Å². The van der Waals surface area contributed by atoms with Gasteiger partial charge >= 0.3 is 5.97 Å². The predicted molar refractivity (Wildman–Crippen MR) is 128 cm³/mol. The highest BCUT2D eigenvalue weighted by Crippen LogP contribution is 2.38. The molecule has 0 atom stereocenters. The predicted octanol–water partition coefficient (Wildman–Crippen LogP) is 4.53. The van der Waals surface area contributed by atoms with Gasteiger partial charge in [-0.1, -0.05) is 0 Å². The number of carbonyl (C=O) groups is 2. The summed E-state index contributed by atoms with van der Waals surface area (Å²) in [7, 11) is 1.54. The van der Waals surface area contributed by atoms with Crippen LogP contribution < -0.4 is 14.2 Å². The van der Waals surface area contributed by atoms with E-state index in [2.05, 4.69) is 20.9 Å². The summed E-state index contributed by atoms with van der Waals surface area (Å²) in [5.41, 5.74) is 0.921. The van der Waals surface area contributed by atoms with Gasteiger partial charge in [-0.3, -0.25) is 10.2 Å². The van der Waals surface area contributed by atoms with Crippen LogP contribution in [-0.4, -0.2) is 42.3 Å². The molecule has 2 aliphatic rings. The van der Waals surface area contributed by atoms with Gasteiger partial charge in [-0.2, -0.15) is 4.99 Å². The Bertz CT molecular complexity index is 1280. The minimum absolute atomic E-state index is 0.0455. The molecule has 2 aromatic rings. The number of nitrogens with one attached hydrogen (secondary N) is 1. The lowest BCUT2D eigenvalue weighted by Gasteiger charge is -2.23. The molecule has 0 aliphatic carbocycles. The van der Waals surface area contributed by atoms with E-state index in [1.54, 1.807) is 63.4 Å². The molecule has 0 aromatic heterocycles. The molecule has 9 nitrogen and oxygen atoms in total. The van der Waals surface area contributed by atoms with Crippen LogP contribution in [0.1, 0.15) is 29.8 Å². The molecule has 2 heterocycles. The number of carbonyl (C=O) groups excluding carboxylic acids is 2. The number of fused-ring (bicyclic) bond motifs is 1. The van der Waals surface area contributed by atoms with E-state index < -0.39 is 11.9 Å². The molecule has 1 amide bonds. The standard InChI is InChI=1S/C24H20BrN3O6/c1-4-32-19-12-14(10-17-22(26)28-20(27-23(17)29)9-13(2)34-28)11-18(25)21(19)33-24(30)15-5-7-16(31-3)8-6-15/h5-12,26H,4H2,1-3H3/b17-10+,26-22?. The maximum atomic E-state index is 12.7. The maximum absolute atomic E-state index is 12.7. The molecular weight excluding hydrogens is 506 g/mol. The topological polar surface area (TPSA) is 111 Å². The number of methoxy groups -OCH3 is 1. The number of aliphatic imine (C=N–C) groups is 1. The van der Waals surface area contributed by atoms with Crippen LogP contribution in [0.3, 0.4) is 0 Å². The van der Waals surface area contributed by atoms with Gasteiger partial charge in [0, 0.05) is 6.08 Å². The summed E-state index contributed by atoms with van der Waals surface area (Å²) >= 11 is 3.42. The molecule has 0 bridgehead atoms. The first kappa shape index (κ1) is 23.2. The van der Waals surface area contributed by atoms with E-state index in [1.807, 2.05) is 0 Å². The quantitative estimate of drug-likeness (QED) is 0.335. The van der Waals surface area contributed by atoms with Gasteiger partial charge in [0.05, 0.1) is 29.3 Å². The Kier molecular flexibility index (Phi) is 6.51. The summed E-state index contributed by atoms with van der Waals surface area (Å²) in [6.45, 7) is 3.82. The molecule has 2 aliphatic heterocycles. The molecule has 0 fully saturated rings. The fourth-order valence-corrected chi connectivity index (χ4v) is 3.82.